The summed E-state index contributed by atoms with van der Waals surface area (Å²) >= 11 is 0. The molecule has 0 aliphatic carbocycles. The number of rotatable bonds is 9. The maximum absolute atomic E-state index is 4.66. The number of guanidine groups is 1. The van der Waals surface area contributed by atoms with E-state index in [-0.39, 0.29) is 24.0 Å². The van der Waals surface area contributed by atoms with E-state index in [1.165, 1.54) is 58.0 Å². The van der Waals surface area contributed by atoms with E-state index >= 15 is 0 Å². The first-order chi connectivity index (χ1) is 10.3. The van der Waals surface area contributed by atoms with Gasteiger partial charge in [0.05, 0.1) is 0 Å². The molecule has 22 heavy (non-hydrogen) atoms. The molecule has 1 saturated heterocycles. The quantitative estimate of drug-likeness (QED) is 0.257. The van der Waals surface area contributed by atoms with Gasteiger partial charge in [0, 0.05) is 25.7 Å². The molecule has 0 aromatic carbocycles. The van der Waals surface area contributed by atoms with Crippen LogP contribution in [0.4, 0.5) is 0 Å². The number of likely N-dealkylation sites (tertiary alicyclic amines) is 1. The molecule has 0 amide bonds. The van der Waals surface area contributed by atoms with Gasteiger partial charge in [-0.05, 0) is 59.0 Å². The van der Waals surface area contributed by atoms with Crippen LogP contribution in [0.15, 0.2) is 4.99 Å². The van der Waals surface area contributed by atoms with Crippen molar-refractivity contribution in [1.82, 2.24) is 15.5 Å². The fourth-order valence-electron chi connectivity index (χ4n) is 2.83. The molecule has 0 radical (unpaired) electrons. The smallest absolute Gasteiger partial charge is 0.191 e. The van der Waals surface area contributed by atoms with E-state index in [1.807, 2.05) is 0 Å². The number of unbranched alkanes of at least 4 members (excludes halogenated alkanes) is 2. The second kappa shape index (κ2) is 14.5. The third-order valence-electron chi connectivity index (χ3n) is 4.23. The first-order valence-electron chi connectivity index (χ1n) is 9.04. The van der Waals surface area contributed by atoms with Crippen LogP contribution in [0.3, 0.4) is 0 Å². The van der Waals surface area contributed by atoms with Gasteiger partial charge in [-0.1, -0.05) is 19.8 Å². The summed E-state index contributed by atoms with van der Waals surface area (Å²) in [7, 11) is 0. The maximum atomic E-state index is 4.66. The number of hydrogen-bond donors (Lipinski definition) is 2. The minimum absolute atomic E-state index is 0. The number of aliphatic imine (C=N–C) groups is 1. The van der Waals surface area contributed by atoms with Crippen LogP contribution in [0.25, 0.3) is 0 Å². The van der Waals surface area contributed by atoms with Gasteiger partial charge in [0.15, 0.2) is 5.96 Å². The Morgan fingerprint density at radius 3 is 2.64 bits per heavy atom. The van der Waals surface area contributed by atoms with Crippen LogP contribution in [0.5, 0.6) is 0 Å². The van der Waals surface area contributed by atoms with Crippen LogP contribution < -0.4 is 10.6 Å². The van der Waals surface area contributed by atoms with E-state index in [2.05, 4.69) is 41.3 Å². The zero-order chi connectivity index (χ0) is 15.3. The van der Waals surface area contributed by atoms with Crippen molar-refractivity contribution in [3.63, 3.8) is 0 Å². The first kappa shape index (κ1) is 22.0. The Balaban J connectivity index is 0.00000441. The molecule has 0 spiro atoms. The number of halogens is 1. The highest BCUT2D eigenvalue weighted by molar-refractivity contribution is 14.0. The Morgan fingerprint density at radius 1 is 1.14 bits per heavy atom. The van der Waals surface area contributed by atoms with Crippen molar-refractivity contribution < 1.29 is 0 Å². The van der Waals surface area contributed by atoms with Gasteiger partial charge in [0.1, 0.15) is 0 Å². The van der Waals surface area contributed by atoms with Crippen LogP contribution in [-0.2, 0) is 0 Å². The minimum atomic E-state index is 0. The zero-order valence-electron chi connectivity index (χ0n) is 14.9. The molecule has 2 N–H and O–H groups in total. The molecule has 1 fully saturated rings. The average Bonchev–Trinajstić information content (AvgIpc) is 2.49. The van der Waals surface area contributed by atoms with Gasteiger partial charge in [-0.2, -0.15) is 0 Å². The van der Waals surface area contributed by atoms with Crippen LogP contribution in [-0.4, -0.2) is 49.6 Å². The Kier molecular flexibility index (Phi) is 14.5. The fraction of sp³-hybridized carbons (Fsp3) is 0.941. The normalized spacial score (nSPS) is 19.6. The Bertz CT molecular complexity index is 284. The van der Waals surface area contributed by atoms with Gasteiger partial charge in [0.2, 0.25) is 0 Å². The van der Waals surface area contributed by atoms with Gasteiger partial charge >= 0.3 is 0 Å². The van der Waals surface area contributed by atoms with Crippen molar-refractivity contribution in [3.05, 3.63) is 0 Å². The summed E-state index contributed by atoms with van der Waals surface area (Å²) in [5, 5.41) is 6.71. The Hall–Kier alpha value is -0.0400. The Morgan fingerprint density at radius 2 is 1.95 bits per heavy atom. The number of hydrogen-bond acceptors (Lipinski definition) is 2. The first-order valence-corrected chi connectivity index (χ1v) is 9.04. The largest absolute Gasteiger partial charge is 0.357 e. The average molecular weight is 424 g/mol. The van der Waals surface area contributed by atoms with Crippen LogP contribution in [0.2, 0.25) is 0 Å². The number of nitrogens with one attached hydrogen (secondary N) is 2. The van der Waals surface area contributed by atoms with Crippen molar-refractivity contribution in [1.29, 1.82) is 0 Å². The van der Waals surface area contributed by atoms with Gasteiger partial charge in [-0.15, -0.1) is 24.0 Å². The monoisotopic (exact) mass is 424 g/mol. The highest BCUT2D eigenvalue weighted by Gasteiger charge is 2.16. The van der Waals surface area contributed by atoms with E-state index < -0.39 is 0 Å². The van der Waals surface area contributed by atoms with Crippen molar-refractivity contribution in [2.24, 2.45) is 4.99 Å². The molecule has 0 saturated carbocycles. The standard InChI is InChI=1S/C17H36N4.HI/c1-4-6-12-19-17(18-5-2)20-13-8-10-15-21-14-9-7-11-16(21)3;/h16H,4-15H2,1-3H3,(H2,18,19,20);1H. The lowest BCUT2D eigenvalue weighted by atomic mass is 10.0. The predicted molar refractivity (Wildman–Crippen MR) is 108 cm³/mol. The summed E-state index contributed by atoms with van der Waals surface area (Å²) in [6.45, 7) is 12.1. The summed E-state index contributed by atoms with van der Waals surface area (Å²) in [5.74, 6) is 0.984. The summed E-state index contributed by atoms with van der Waals surface area (Å²) in [6, 6.07) is 0.787. The molecule has 1 aliphatic heterocycles. The lowest BCUT2D eigenvalue weighted by molar-refractivity contribution is 0.158. The molecule has 1 atom stereocenters. The lowest BCUT2D eigenvalue weighted by Crippen LogP contribution is -2.38. The molecule has 1 unspecified atom stereocenters. The minimum Gasteiger partial charge on any atom is -0.357 e. The van der Waals surface area contributed by atoms with Crippen molar-refractivity contribution in [2.45, 2.75) is 71.8 Å². The van der Waals surface area contributed by atoms with Crippen LogP contribution >= 0.6 is 24.0 Å². The molecule has 0 aromatic heterocycles. The molecule has 132 valence electrons. The summed E-state index contributed by atoms with van der Waals surface area (Å²) in [6.07, 6.45) is 9.06. The predicted octanol–water partition coefficient (Wildman–Crippen LogP) is 3.61. The van der Waals surface area contributed by atoms with E-state index in [1.54, 1.807) is 0 Å². The van der Waals surface area contributed by atoms with E-state index in [0.717, 1.165) is 31.6 Å². The second-order valence-electron chi connectivity index (χ2n) is 6.13. The highest BCUT2D eigenvalue weighted by Crippen LogP contribution is 2.16. The molecule has 4 nitrogen and oxygen atoms in total. The highest BCUT2D eigenvalue weighted by atomic mass is 127. The zero-order valence-corrected chi connectivity index (χ0v) is 17.2. The second-order valence-corrected chi connectivity index (χ2v) is 6.13. The third kappa shape index (κ3) is 9.87. The molecular formula is C17H37IN4. The number of nitrogens with zero attached hydrogens (tertiary/aromatic N) is 2. The third-order valence-corrected chi connectivity index (χ3v) is 4.23. The van der Waals surface area contributed by atoms with Gasteiger partial charge in [-0.3, -0.25) is 4.99 Å². The van der Waals surface area contributed by atoms with E-state index in [0.29, 0.717) is 0 Å². The summed E-state index contributed by atoms with van der Waals surface area (Å²) < 4.78 is 0. The molecule has 0 aromatic rings. The van der Waals surface area contributed by atoms with Gasteiger partial charge < -0.3 is 15.5 Å². The Labute approximate surface area is 154 Å². The topological polar surface area (TPSA) is 39.7 Å². The maximum Gasteiger partial charge on any atom is 0.191 e. The van der Waals surface area contributed by atoms with Crippen LogP contribution in [0, 0.1) is 0 Å². The SMILES string of the molecule is CCCCNC(=NCCCCN1CCCCC1C)NCC.I. The van der Waals surface area contributed by atoms with E-state index in [9.17, 15) is 0 Å². The number of piperidine rings is 1. The van der Waals surface area contributed by atoms with E-state index in [4.69, 9.17) is 0 Å². The molecule has 1 aliphatic rings. The molecule has 5 heteroatoms. The molecule has 1 heterocycles. The molecule has 1 rings (SSSR count). The molecule has 0 bridgehead atoms. The fourth-order valence-corrected chi connectivity index (χ4v) is 2.83. The van der Waals surface area contributed by atoms with Crippen molar-refractivity contribution >= 4 is 29.9 Å². The van der Waals surface area contributed by atoms with Gasteiger partial charge in [0.25, 0.3) is 0 Å². The molecular weight excluding hydrogens is 387 g/mol. The van der Waals surface area contributed by atoms with Crippen LogP contribution in [0.1, 0.15) is 65.7 Å². The lowest BCUT2D eigenvalue weighted by Gasteiger charge is -2.33. The van der Waals surface area contributed by atoms with Crippen molar-refractivity contribution in [3.8, 4) is 0 Å². The summed E-state index contributed by atoms with van der Waals surface area (Å²) in [4.78, 5) is 7.31. The van der Waals surface area contributed by atoms with Crippen molar-refractivity contribution in [2.75, 3.05) is 32.7 Å². The summed E-state index contributed by atoms with van der Waals surface area (Å²) in [5.41, 5.74) is 0. The van der Waals surface area contributed by atoms with Gasteiger partial charge in [-0.25, -0.2) is 0 Å².